The molecule has 142 valence electrons. The van der Waals surface area contributed by atoms with E-state index in [0.717, 1.165) is 11.3 Å². The Morgan fingerprint density at radius 1 is 1.00 bits per heavy atom. The van der Waals surface area contributed by atoms with Gasteiger partial charge in [0.05, 0.1) is 10.6 Å². The van der Waals surface area contributed by atoms with Crippen molar-refractivity contribution >= 4 is 17.3 Å². The molecule has 0 radical (unpaired) electrons. The number of nitro benzene ring substituents is 1. The fraction of sp³-hybridized carbons (Fsp3) is 0.200. The lowest BCUT2D eigenvalue weighted by atomic mass is 10.1. The zero-order chi connectivity index (χ0) is 19.5. The quantitative estimate of drug-likeness (QED) is 0.557. The van der Waals surface area contributed by atoms with Crippen LogP contribution in [0.1, 0.15) is 10.5 Å². The Hall–Kier alpha value is -3.68. The molecular formula is C20H19N5O3. The molecule has 2 aromatic carbocycles. The van der Waals surface area contributed by atoms with Gasteiger partial charge in [-0.3, -0.25) is 20.0 Å². The van der Waals surface area contributed by atoms with E-state index in [4.69, 9.17) is 0 Å². The molecule has 1 saturated heterocycles. The van der Waals surface area contributed by atoms with E-state index in [1.165, 1.54) is 6.07 Å². The second-order valence-corrected chi connectivity index (χ2v) is 6.56. The van der Waals surface area contributed by atoms with E-state index < -0.39 is 0 Å². The SMILES string of the molecule is O=C(c1cc(-c2ccccc2)n[nH]1)N1CCN(c2ccccc2[N+](=O)[O-])CC1. The molecule has 1 aromatic heterocycles. The Labute approximate surface area is 161 Å². The van der Waals surface area contributed by atoms with Gasteiger partial charge < -0.3 is 9.80 Å². The van der Waals surface area contributed by atoms with Crippen molar-refractivity contribution in [2.45, 2.75) is 0 Å². The van der Waals surface area contributed by atoms with Gasteiger partial charge in [-0.05, 0) is 12.1 Å². The number of para-hydroxylation sites is 2. The van der Waals surface area contributed by atoms with E-state index in [0.29, 0.717) is 37.6 Å². The van der Waals surface area contributed by atoms with E-state index in [1.54, 1.807) is 29.2 Å². The topological polar surface area (TPSA) is 95.4 Å². The molecule has 1 aliphatic rings. The van der Waals surface area contributed by atoms with Crippen LogP contribution in [-0.4, -0.2) is 52.1 Å². The number of aromatic nitrogens is 2. The number of amides is 1. The Balaban J connectivity index is 1.44. The fourth-order valence-corrected chi connectivity index (χ4v) is 3.39. The molecule has 28 heavy (non-hydrogen) atoms. The first-order chi connectivity index (χ1) is 13.6. The fourth-order valence-electron chi connectivity index (χ4n) is 3.39. The average molecular weight is 377 g/mol. The van der Waals surface area contributed by atoms with Crippen molar-refractivity contribution < 1.29 is 9.72 Å². The molecule has 0 spiro atoms. The van der Waals surface area contributed by atoms with Gasteiger partial charge in [-0.25, -0.2) is 0 Å². The molecule has 1 N–H and O–H groups in total. The molecule has 4 rings (SSSR count). The van der Waals surface area contributed by atoms with Gasteiger partial charge >= 0.3 is 0 Å². The molecule has 1 amide bonds. The standard InChI is InChI=1S/C20H19N5O3/c26-20(17-14-16(21-22-17)15-6-2-1-3-7-15)24-12-10-23(11-13-24)18-8-4-5-9-19(18)25(27)28/h1-9,14H,10-13H2,(H,21,22). The van der Waals surface area contributed by atoms with Gasteiger partial charge in [-0.1, -0.05) is 42.5 Å². The maximum atomic E-state index is 12.8. The van der Waals surface area contributed by atoms with E-state index >= 15 is 0 Å². The smallest absolute Gasteiger partial charge is 0.292 e. The van der Waals surface area contributed by atoms with Crippen molar-refractivity contribution in [3.05, 3.63) is 76.5 Å². The lowest BCUT2D eigenvalue weighted by Gasteiger charge is -2.35. The molecule has 1 aliphatic heterocycles. The first-order valence-corrected chi connectivity index (χ1v) is 9.02. The van der Waals surface area contributed by atoms with Crippen LogP contribution in [-0.2, 0) is 0 Å². The normalized spacial score (nSPS) is 14.1. The van der Waals surface area contributed by atoms with Crippen LogP contribution in [0.4, 0.5) is 11.4 Å². The molecule has 0 saturated carbocycles. The number of piperazine rings is 1. The number of H-pyrrole nitrogens is 1. The van der Waals surface area contributed by atoms with Gasteiger partial charge in [-0.2, -0.15) is 5.10 Å². The number of carbonyl (C=O) groups excluding carboxylic acids is 1. The third kappa shape index (κ3) is 3.44. The number of nitrogens with zero attached hydrogens (tertiary/aromatic N) is 4. The van der Waals surface area contributed by atoms with Crippen LogP contribution in [0.2, 0.25) is 0 Å². The zero-order valence-electron chi connectivity index (χ0n) is 15.1. The highest BCUT2D eigenvalue weighted by molar-refractivity contribution is 5.93. The Morgan fingerprint density at radius 3 is 2.39 bits per heavy atom. The van der Waals surface area contributed by atoms with Gasteiger partial charge in [0, 0.05) is 37.8 Å². The molecular weight excluding hydrogens is 358 g/mol. The summed E-state index contributed by atoms with van der Waals surface area (Å²) in [6, 6.07) is 18.1. The predicted octanol–water partition coefficient (Wildman–Crippen LogP) is 2.95. The number of nitro groups is 1. The highest BCUT2D eigenvalue weighted by Gasteiger charge is 2.26. The lowest BCUT2D eigenvalue weighted by molar-refractivity contribution is -0.384. The van der Waals surface area contributed by atoms with Crippen LogP contribution in [0.3, 0.4) is 0 Å². The summed E-state index contributed by atoms with van der Waals surface area (Å²) in [6.07, 6.45) is 0. The Morgan fingerprint density at radius 2 is 1.68 bits per heavy atom. The van der Waals surface area contributed by atoms with E-state index in [1.807, 2.05) is 35.2 Å². The highest BCUT2D eigenvalue weighted by atomic mass is 16.6. The van der Waals surface area contributed by atoms with Gasteiger partial charge in [-0.15, -0.1) is 0 Å². The molecule has 0 atom stereocenters. The highest BCUT2D eigenvalue weighted by Crippen LogP contribution is 2.28. The number of carbonyl (C=O) groups is 1. The number of aromatic amines is 1. The van der Waals surface area contributed by atoms with Crippen molar-refractivity contribution in [3.8, 4) is 11.3 Å². The number of hydrogen-bond acceptors (Lipinski definition) is 5. The van der Waals surface area contributed by atoms with E-state index in [-0.39, 0.29) is 16.5 Å². The molecule has 2 heterocycles. The summed E-state index contributed by atoms with van der Waals surface area (Å²) in [6.45, 7) is 2.06. The number of hydrogen-bond donors (Lipinski definition) is 1. The van der Waals surface area contributed by atoms with Crippen LogP contribution in [0.5, 0.6) is 0 Å². The van der Waals surface area contributed by atoms with Crippen LogP contribution in [0.25, 0.3) is 11.3 Å². The minimum absolute atomic E-state index is 0.0864. The summed E-state index contributed by atoms with van der Waals surface area (Å²) >= 11 is 0. The third-order valence-corrected chi connectivity index (χ3v) is 4.86. The number of anilines is 1. The number of rotatable bonds is 4. The molecule has 3 aromatic rings. The first-order valence-electron chi connectivity index (χ1n) is 9.02. The Kier molecular flexibility index (Phi) is 4.76. The largest absolute Gasteiger partial charge is 0.362 e. The second-order valence-electron chi connectivity index (χ2n) is 6.56. The van der Waals surface area contributed by atoms with E-state index in [9.17, 15) is 14.9 Å². The zero-order valence-corrected chi connectivity index (χ0v) is 15.1. The summed E-state index contributed by atoms with van der Waals surface area (Å²) < 4.78 is 0. The summed E-state index contributed by atoms with van der Waals surface area (Å²) in [5.41, 5.74) is 2.79. The number of nitrogens with one attached hydrogen (secondary N) is 1. The van der Waals surface area contributed by atoms with Crippen LogP contribution in [0.15, 0.2) is 60.7 Å². The molecule has 0 aliphatic carbocycles. The summed E-state index contributed by atoms with van der Waals surface area (Å²) in [4.78, 5) is 27.4. The molecule has 0 bridgehead atoms. The van der Waals surface area contributed by atoms with Crippen LogP contribution >= 0.6 is 0 Å². The number of benzene rings is 2. The summed E-state index contributed by atoms with van der Waals surface area (Å²) in [7, 11) is 0. The minimum atomic E-state index is -0.372. The molecule has 0 unspecified atom stereocenters. The molecule has 8 nitrogen and oxygen atoms in total. The monoisotopic (exact) mass is 377 g/mol. The molecule has 8 heteroatoms. The van der Waals surface area contributed by atoms with Crippen molar-refractivity contribution in [3.63, 3.8) is 0 Å². The van der Waals surface area contributed by atoms with Gasteiger partial charge in [0.1, 0.15) is 11.4 Å². The van der Waals surface area contributed by atoms with Crippen molar-refractivity contribution in [2.75, 3.05) is 31.1 Å². The van der Waals surface area contributed by atoms with E-state index in [2.05, 4.69) is 10.2 Å². The summed E-state index contributed by atoms with van der Waals surface area (Å²) in [5, 5.41) is 18.3. The third-order valence-electron chi connectivity index (χ3n) is 4.86. The minimum Gasteiger partial charge on any atom is -0.362 e. The second kappa shape index (κ2) is 7.51. The predicted molar refractivity (Wildman–Crippen MR) is 105 cm³/mol. The maximum Gasteiger partial charge on any atom is 0.292 e. The van der Waals surface area contributed by atoms with Crippen LogP contribution < -0.4 is 4.90 Å². The van der Waals surface area contributed by atoms with Crippen molar-refractivity contribution in [1.82, 2.24) is 15.1 Å². The van der Waals surface area contributed by atoms with Crippen molar-refractivity contribution in [2.24, 2.45) is 0 Å². The molecule has 1 fully saturated rings. The summed E-state index contributed by atoms with van der Waals surface area (Å²) in [5.74, 6) is -0.114. The average Bonchev–Trinajstić information content (AvgIpc) is 3.24. The lowest BCUT2D eigenvalue weighted by Crippen LogP contribution is -2.49. The first kappa shape index (κ1) is 17.7. The Bertz CT molecular complexity index is 994. The van der Waals surface area contributed by atoms with Gasteiger partial charge in [0.2, 0.25) is 0 Å². The van der Waals surface area contributed by atoms with Crippen molar-refractivity contribution in [1.29, 1.82) is 0 Å². The maximum absolute atomic E-state index is 12.8. The van der Waals surface area contributed by atoms with Gasteiger partial charge in [0.15, 0.2) is 0 Å². The van der Waals surface area contributed by atoms with Gasteiger partial charge in [0.25, 0.3) is 11.6 Å². The van der Waals surface area contributed by atoms with Crippen LogP contribution in [0, 0.1) is 10.1 Å².